The summed E-state index contributed by atoms with van der Waals surface area (Å²) in [6.07, 6.45) is 1.80. The summed E-state index contributed by atoms with van der Waals surface area (Å²) in [5.41, 5.74) is 0.389. The van der Waals surface area contributed by atoms with Gasteiger partial charge in [-0.05, 0) is 49.1 Å². The van der Waals surface area contributed by atoms with E-state index in [0.29, 0.717) is 12.8 Å². The molecule has 1 aliphatic rings. The van der Waals surface area contributed by atoms with Gasteiger partial charge in [0.15, 0.2) is 0 Å². The van der Waals surface area contributed by atoms with E-state index in [-0.39, 0.29) is 18.4 Å². The Hall–Kier alpha value is -2.90. The molecule has 1 heterocycles. The molecule has 0 spiro atoms. The van der Waals surface area contributed by atoms with Gasteiger partial charge in [0.1, 0.15) is 0 Å². The average Bonchev–Trinajstić information content (AvgIpc) is 2.70. The molecule has 8 heteroatoms. The highest BCUT2D eigenvalue weighted by Crippen LogP contribution is 2.32. The smallest absolute Gasteiger partial charge is 0.351 e. The lowest BCUT2D eigenvalue weighted by Gasteiger charge is -2.33. The van der Waals surface area contributed by atoms with Crippen molar-refractivity contribution in [2.75, 3.05) is 0 Å². The number of hydrogen-bond acceptors (Lipinski definition) is 3. The third kappa shape index (κ3) is 5.37. The van der Waals surface area contributed by atoms with Crippen LogP contribution in [0.2, 0.25) is 0 Å². The van der Waals surface area contributed by atoms with Crippen LogP contribution in [0.5, 0.6) is 0 Å². The quantitative estimate of drug-likeness (QED) is 0.774. The van der Waals surface area contributed by atoms with Gasteiger partial charge in [-0.3, -0.25) is 14.6 Å². The van der Waals surface area contributed by atoms with Crippen LogP contribution in [0.4, 0.5) is 13.2 Å². The second-order valence-corrected chi connectivity index (χ2v) is 7.56. The Labute approximate surface area is 173 Å². The minimum Gasteiger partial charge on any atom is -0.351 e. The fourth-order valence-electron chi connectivity index (χ4n) is 3.76. The molecule has 0 bridgehead atoms. The molecular formula is C22H24F3N3O2. The molecular weight excluding hydrogens is 395 g/mol. The Balaban J connectivity index is 1.68. The lowest BCUT2D eigenvalue weighted by molar-refractivity contribution is -0.138. The molecule has 5 nitrogen and oxygen atoms in total. The summed E-state index contributed by atoms with van der Waals surface area (Å²) in [5, 5.41) is 5.66. The summed E-state index contributed by atoms with van der Waals surface area (Å²) >= 11 is 0. The highest BCUT2D eigenvalue weighted by Gasteiger charge is 2.36. The predicted octanol–water partition coefficient (Wildman–Crippen LogP) is 3.81. The van der Waals surface area contributed by atoms with Crippen molar-refractivity contribution in [3.8, 4) is 0 Å². The first kappa shape index (κ1) is 21.8. The van der Waals surface area contributed by atoms with E-state index >= 15 is 0 Å². The maximum atomic E-state index is 13.2. The van der Waals surface area contributed by atoms with E-state index in [1.165, 1.54) is 18.2 Å². The summed E-state index contributed by atoms with van der Waals surface area (Å²) in [6.45, 7) is 1.89. The Morgan fingerprint density at radius 2 is 1.73 bits per heavy atom. The van der Waals surface area contributed by atoms with Crippen LogP contribution in [-0.2, 0) is 17.4 Å². The van der Waals surface area contributed by atoms with E-state index < -0.39 is 29.3 Å². The van der Waals surface area contributed by atoms with Gasteiger partial charge >= 0.3 is 6.18 Å². The number of rotatable bonds is 5. The van der Waals surface area contributed by atoms with Gasteiger partial charge in [-0.15, -0.1) is 0 Å². The summed E-state index contributed by atoms with van der Waals surface area (Å²) in [7, 11) is 0. The lowest BCUT2D eigenvalue weighted by Crippen LogP contribution is -2.53. The number of pyridine rings is 1. The molecule has 0 saturated heterocycles. The van der Waals surface area contributed by atoms with Gasteiger partial charge in [-0.2, -0.15) is 13.2 Å². The van der Waals surface area contributed by atoms with Crippen LogP contribution in [0.15, 0.2) is 42.7 Å². The van der Waals surface area contributed by atoms with Gasteiger partial charge in [0.05, 0.1) is 17.5 Å². The van der Waals surface area contributed by atoms with Gasteiger partial charge in [-0.25, -0.2) is 0 Å². The largest absolute Gasteiger partial charge is 0.417 e. The summed E-state index contributed by atoms with van der Waals surface area (Å²) in [4.78, 5) is 29.2. The molecule has 30 heavy (non-hydrogen) atoms. The SMILES string of the molecule is Cc1ccncc1CC(=O)N[C@@H]1CCCC[C@H]1NC(=O)c1ccccc1C(F)(F)F. The van der Waals surface area contributed by atoms with Crippen molar-refractivity contribution in [2.24, 2.45) is 0 Å². The van der Waals surface area contributed by atoms with Gasteiger partial charge < -0.3 is 10.6 Å². The zero-order chi connectivity index (χ0) is 21.7. The number of carbonyl (C=O) groups excluding carboxylic acids is 2. The number of nitrogens with zero attached hydrogens (tertiary/aromatic N) is 1. The lowest BCUT2D eigenvalue weighted by atomic mass is 9.89. The molecule has 2 amide bonds. The van der Waals surface area contributed by atoms with Crippen LogP contribution in [0.1, 0.15) is 52.7 Å². The Bertz CT molecular complexity index is 914. The molecule has 160 valence electrons. The fraction of sp³-hybridized carbons (Fsp3) is 0.409. The Morgan fingerprint density at radius 1 is 1.07 bits per heavy atom. The third-order valence-electron chi connectivity index (χ3n) is 5.40. The molecule has 2 aromatic rings. The van der Waals surface area contributed by atoms with E-state index in [4.69, 9.17) is 0 Å². The number of hydrogen-bond donors (Lipinski definition) is 2. The second-order valence-electron chi connectivity index (χ2n) is 7.56. The van der Waals surface area contributed by atoms with Crippen molar-refractivity contribution in [3.05, 3.63) is 65.0 Å². The molecule has 0 unspecified atom stereocenters. The number of benzene rings is 1. The summed E-state index contributed by atoms with van der Waals surface area (Å²) in [6, 6.07) is 5.79. The maximum Gasteiger partial charge on any atom is 0.417 e. The van der Waals surface area contributed by atoms with Gasteiger partial charge in [0.2, 0.25) is 5.91 Å². The standard InChI is InChI=1S/C22H24F3N3O2/c1-14-10-11-26-13-15(14)12-20(29)27-18-8-4-5-9-19(18)28-21(30)16-6-2-3-7-17(16)22(23,24)25/h2-3,6-7,10-11,13,18-19H,4-5,8-9,12H2,1H3,(H,27,29)(H,28,30)/t18-,19-/m1/s1. The monoisotopic (exact) mass is 419 g/mol. The van der Waals surface area contributed by atoms with Crippen molar-refractivity contribution in [1.82, 2.24) is 15.6 Å². The maximum absolute atomic E-state index is 13.2. The molecule has 1 saturated carbocycles. The van der Waals surface area contributed by atoms with Gasteiger partial charge in [-0.1, -0.05) is 25.0 Å². The van der Waals surface area contributed by atoms with Crippen LogP contribution in [0, 0.1) is 6.92 Å². The number of halogens is 3. The third-order valence-corrected chi connectivity index (χ3v) is 5.40. The van der Waals surface area contributed by atoms with Gasteiger partial charge in [0, 0.05) is 24.5 Å². The van der Waals surface area contributed by atoms with Crippen LogP contribution < -0.4 is 10.6 Å². The first-order valence-electron chi connectivity index (χ1n) is 9.91. The molecule has 2 atom stereocenters. The van der Waals surface area contributed by atoms with E-state index in [2.05, 4.69) is 15.6 Å². The average molecular weight is 419 g/mol. The predicted molar refractivity (Wildman–Crippen MR) is 106 cm³/mol. The zero-order valence-electron chi connectivity index (χ0n) is 16.6. The molecule has 1 aliphatic carbocycles. The van der Waals surface area contributed by atoms with Crippen molar-refractivity contribution >= 4 is 11.8 Å². The first-order chi connectivity index (χ1) is 14.3. The van der Waals surface area contributed by atoms with E-state index in [1.807, 2.05) is 13.0 Å². The highest BCUT2D eigenvalue weighted by atomic mass is 19.4. The number of alkyl halides is 3. The van der Waals surface area contributed by atoms with Crippen molar-refractivity contribution in [2.45, 2.75) is 57.3 Å². The van der Waals surface area contributed by atoms with Crippen molar-refractivity contribution in [3.63, 3.8) is 0 Å². The number of nitrogens with one attached hydrogen (secondary N) is 2. The van der Waals surface area contributed by atoms with Crippen molar-refractivity contribution in [1.29, 1.82) is 0 Å². The molecule has 1 aromatic carbocycles. The first-order valence-corrected chi connectivity index (χ1v) is 9.91. The topological polar surface area (TPSA) is 71.1 Å². The summed E-state index contributed by atoms with van der Waals surface area (Å²) in [5.74, 6) is -0.981. The van der Waals surface area contributed by atoms with E-state index in [0.717, 1.165) is 30.0 Å². The minimum atomic E-state index is -4.62. The molecule has 3 rings (SSSR count). The molecule has 0 aliphatic heterocycles. The zero-order valence-corrected chi connectivity index (χ0v) is 16.6. The van der Waals surface area contributed by atoms with Crippen LogP contribution >= 0.6 is 0 Å². The normalized spacial score (nSPS) is 19.2. The second kappa shape index (κ2) is 9.28. The number of amides is 2. The van der Waals surface area contributed by atoms with Crippen LogP contribution in [-0.4, -0.2) is 28.9 Å². The Morgan fingerprint density at radius 3 is 2.40 bits per heavy atom. The Kier molecular flexibility index (Phi) is 6.74. The molecule has 2 N–H and O–H groups in total. The highest BCUT2D eigenvalue weighted by molar-refractivity contribution is 5.96. The fourth-order valence-corrected chi connectivity index (χ4v) is 3.76. The molecule has 1 aromatic heterocycles. The van der Waals surface area contributed by atoms with Crippen LogP contribution in [0.3, 0.4) is 0 Å². The summed E-state index contributed by atoms with van der Waals surface area (Å²) < 4.78 is 39.7. The molecule has 0 radical (unpaired) electrons. The van der Waals surface area contributed by atoms with Crippen LogP contribution in [0.25, 0.3) is 0 Å². The van der Waals surface area contributed by atoms with E-state index in [9.17, 15) is 22.8 Å². The number of aryl methyl sites for hydroxylation is 1. The number of carbonyl (C=O) groups is 2. The minimum absolute atomic E-state index is 0.160. The molecule has 1 fully saturated rings. The van der Waals surface area contributed by atoms with Crippen molar-refractivity contribution < 1.29 is 22.8 Å². The van der Waals surface area contributed by atoms with Gasteiger partial charge in [0.25, 0.3) is 5.91 Å². The number of aromatic nitrogens is 1. The van der Waals surface area contributed by atoms with E-state index in [1.54, 1.807) is 12.4 Å².